The molecule has 2 aliphatic heterocycles. The number of hydrogen-bond acceptors (Lipinski definition) is 6. The number of piperazine rings is 1. The summed E-state index contributed by atoms with van der Waals surface area (Å²) in [5.74, 6) is -1.29. The molecule has 1 fully saturated rings. The molecule has 0 saturated carbocycles. The quantitative estimate of drug-likeness (QED) is 0.643. The number of carbonyl (C=O) groups excluding carboxylic acids is 2. The molecule has 0 radical (unpaired) electrons. The molecule has 1 N–H and O–H groups in total. The van der Waals surface area contributed by atoms with Gasteiger partial charge in [0.15, 0.2) is 5.92 Å². The molecule has 0 aliphatic carbocycles. The van der Waals surface area contributed by atoms with E-state index in [0.29, 0.717) is 5.96 Å². The Bertz CT molecular complexity index is 693. The Labute approximate surface area is 154 Å². The van der Waals surface area contributed by atoms with Crippen LogP contribution in [0.5, 0.6) is 0 Å². The first-order chi connectivity index (χ1) is 12.5. The number of hydrogen-bond donors (Lipinski definition) is 1. The highest BCUT2D eigenvalue weighted by Gasteiger charge is 2.42. The van der Waals surface area contributed by atoms with Crippen LogP contribution in [-0.2, 0) is 14.3 Å². The van der Waals surface area contributed by atoms with Crippen LogP contribution in [0.1, 0.15) is 24.1 Å². The van der Waals surface area contributed by atoms with Gasteiger partial charge < -0.3 is 14.5 Å². The largest absolute Gasteiger partial charge is 0.465 e. The predicted octanol–water partition coefficient (Wildman–Crippen LogP) is 0.949. The number of ether oxygens (including phenoxy) is 1. The molecule has 140 valence electrons. The molecular weight excluding hydrogens is 332 g/mol. The van der Waals surface area contributed by atoms with Crippen LogP contribution in [0.4, 0.5) is 0 Å². The van der Waals surface area contributed by atoms with Crippen molar-refractivity contribution in [2.75, 3.05) is 39.8 Å². The Morgan fingerprint density at radius 3 is 2.50 bits per heavy atom. The van der Waals surface area contributed by atoms with Gasteiger partial charge in [-0.25, -0.2) is 4.99 Å². The van der Waals surface area contributed by atoms with E-state index in [9.17, 15) is 9.59 Å². The summed E-state index contributed by atoms with van der Waals surface area (Å²) in [6.07, 6.45) is 0. The Balaban J connectivity index is 1.93. The monoisotopic (exact) mass is 358 g/mol. The lowest BCUT2D eigenvalue weighted by Gasteiger charge is -2.37. The van der Waals surface area contributed by atoms with Crippen molar-refractivity contribution in [1.82, 2.24) is 15.1 Å². The van der Waals surface area contributed by atoms with Crippen LogP contribution in [0.25, 0.3) is 0 Å². The number of guanidine groups is 1. The van der Waals surface area contributed by atoms with E-state index in [1.54, 1.807) is 6.92 Å². The normalized spacial score (nSPS) is 24.0. The molecule has 3 rings (SSSR count). The molecule has 0 bridgehead atoms. The Hall–Kier alpha value is -2.41. The van der Waals surface area contributed by atoms with Crippen molar-refractivity contribution in [1.29, 1.82) is 0 Å². The molecule has 1 aromatic carbocycles. The number of nitrogens with one attached hydrogen (secondary N) is 1. The molecule has 1 aromatic rings. The van der Waals surface area contributed by atoms with Crippen LogP contribution in [-0.4, -0.2) is 67.5 Å². The van der Waals surface area contributed by atoms with Crippen LogP contribution in [0.15, 0.2) is 29.3 Å². The zero-order chi connectivity index (χ0) is 18.7. The lowest BCUT2D eigenvalue weighted by Crippen LogP contribution is -2.56. The predicted molar refractivity (Wildman–Crippen MR) is 98.7 cm³/mol. The first-order valence-corrected chi connectivity index (χ1v) is 9.05. The summed E-state index contributed by atoms with van der Waals surface area (Å²) in [6.45, 7) is 7.37. The highest BCUT2D eigenvalue weighted by atomic mass is 16.5. The van der Waals surface area contributed by atoms with Gasteiger partial charge in [0.25, 0.3) is 0 Å². The minimum absolute atomic E-state index is 0.234. The third kappa shape index (κ3) is 3.88. The number of carbonyl (C=O) groups is 2. The standard InChI is InChI=1S/C19H26N4O3/c1-4-26-18(25)15-16(14-7-5-13(2)6-8-14)20-19(21-17(15)24)23-11-9-22(3)10-12-23/h5-8,15-16H,4,9-12H2,1-3H3,(H,20,21,24)/t15-,16-/m1/s1. The maximum absolute atomic E-state index is 12.7. The van der Waals surface area contributed by atoms with E-state index in [-0.39, 0.29) is 12.5 Å². The van der Waals surface area contributed by atoms with Crippen molar-refractivity contribution >= 4 is 17.8 Å². The van der Waals surface area contributed by atoms with Crippen molar-refractivity contribution in [3.05, 3.63) is 35.4 Å². The SMILES string of the molecule is CCOC(=O)[C@H]1C(=O)NC(N2CCN(C)CC2)=N[C@@H]1c1ccc(C)cc1. The van der Waals surface area contributed by atoms with E-state index in [2.05, 4.69) is 22.2 Å². The van der Waals surface area contributed by atoms with E-state index in [4.69, 9.17) is 9.73 Å². The molecule has 0 unspecified atom stereocenters. The first-order valence-electron chi connectivity index (χ1n) is 9.05. The Morgan fingerprint density at radius 1 is 1.23 bits per heavy atom. The van der Waals surface area contributed by atoms with Gasteiger partial charge in [-0.2, -0.15) is 0 Å². The van der Waals surface area contributed by atoms with E-state index >= 15 is 0 Å². The number of likely N-dealkylation sites (N-methyl/N-ethyl adjacent to an activating group) is 1. The average molecular weight is 358 g/mol. The van der Waals surface area contributed by atoms with Crippen LogP contribution in [0, 0.1) is 12.8 Å². The number of aryl methyl sites for hydroxylation is 1. The third-order valence-corrected chi connectivity index (χ3v) is 4.86. The van der Waals surface area contributed by atoms with Crippen LogP contribution >= 0.6 is 0 Å². The van der Waals surface area contributed by atoms with Crippen molar-refractivity contribution in [2.24, 2.45) is 10.9 Å². The number of benzene rings is 1. The molecule has 2 heterocycles. The van der Waals surface area contributed by atoms with Crippen LogP contribution in [0.3, 0.4) is 0 Å². The number of rotatable bonds is 3. The molecule has 2 aliphatic rings. The fraction of sp³-hybridized carbons (Fsp3) is 0.526. The molecule has 0 aromatic heterocycles. The zero-order valence-electron chi connectivity index (χ0n) is 15.6. The van der Waals surface area contributed by atoms with E-state index in [1.807, 2.05) is 31.2 Å². The molecule has 2 atom stereocenters. The highest BCUT2D eigenvalue weighted by molar-refractivity contribution is 6.08. The van der Waals surface area contributed by atoms with Crippen LogP contribution < -0.4 is 5.32 Å². The summed E-state index contributed by atoms with van der Waals surface area (Å²) >= 11 is 0. The Kier molecular flexibility index (Phi) is 5.56. The van der Waals surface area contributed by atoms with Gasteiger partial charge in [0.1, 0.15) is 6.04 Å². The van der Waals surface area contributed by atoms with Crippen LogP contribution in [0.2, 0.25) is 0 Å². The summed E-state index contributed by atoms with van der Waals surface area (Å²) in [4.78, 5) is 34.2. The van der Waals surface area contributed by atoms with E-state index in [0.717, 1.165) is 37.3 Å². The molecule has 7 heteroatoms. The third-order valence-electron chi connectivity index (χ3n) is 4.86. The average Bonchev–Trinajstić information content (AvgIpc) is 2.62. The zero-order valence-corrected chi connectivity index (χ0v) is 15.6. The maximum atomic E-state index is 12.7. The number of nitrogens with zero attached hydrogens (tertiary/aromatic N) is 3. The number of esters is 1. The summed E-state index contributed by atoms with van der Waals surface area (Å²) in [7, 11) is 2.07. The van der Waals surface area contributed by atoms with Gasteiger partial charge in [-0.15, -0.1) is 0 Å². The Morgan fingerprint density at radius 2 is 1.88 bits per heavy atom. The molecule has 26 heavy (non-hydrogen) atoms. The van der Waals surface area contributed by atoms with Crippen molar-refractivity contribution in [3.63, 3.8) is 0 Å². The van der Waals surface area contributed by atoms with Gasteiger partial charge in [-0.3, -0.25) is 14.9 Å². The molecule has 1 amide bonds. The second-order valence-electron chi connectivity index (χ2n) is 6.82. The molecule has 7 nitrogen and oxygen atoms in total. The van der Waals surface area contributed by atoms with Gasteiger partial charge >= 0.3 is 5.97 Å². The van der Waals surface area contributed by atoms with E-state index in [1.165, 1.54) is 0 Å². The lowest BCUT2D eigenvalue weighted by atomic mass is 9.91. The number of amides is 1. The molecular formula is C19H26N4O3. The summed E-state index contributed by atoms with van der Waals surface area (Å²) in [5.41, 5.74) is 1.96. The van der Waals surface area contributed by atoms with Gasteiger partial charge in [0, 0.05) is 26.2 Å². The van der Waals surface area contributed by atoms with Gasteiger partial charge in [-0.05, 0) is 26.5 Å². The second kappa shape index (κ2) is 7.86. The topological polar surface area (TPSA) is 74.2 Å². The smallest absolute Gasteiger partial charge is 0.321 e. The summed E-state index contributed by atoms with van der Waals surface area (Å²) in [5, 5.41) is 2.82. The molecule has 0 spiro atoms. The van der Waals surface area contributed by atoms with Gasteiger partial charge in [0.05, 0.1) is 6.61 Å². The number of aliphatic imine (C=N–C) groups is 1. The van der Waals surface area contributed by atoms with Gasteiger partial charge in [0.2, 0.25) is 11.9 Å². The second-order valence-corrected chi connectivity index (χ2v) is 6.82. The van der Waals surface area contributed by atoms with E-state index < -0.39 is 17.9 Å². The minimum atomic E-state index is -0.964. The lowest BCUT2D eigenvalue weighted by molar-refractivity contribution is -0.153. The summed E-state index contributed by atoms with van der Waals surface area (Å²) in [6, 6.07) is 7.22. The molecule has 1 saturated heterocycles. The van der Waals surface area contributed by atoms with Crippen molar-refractivity contribution in [2.45, 2.75) is 19.9 Å². The van der Waals surface area contributed by atoms with Crippen molar-refractivity contribution < 1.29 is 14.3 Å². The van der Waals surface area contributed by atoms with Gasteiger partial charge in [-0.1, -0.05) is 29.8 Å². The summed E-state index contributed by atoms with van der Waals surface area (Å²) < 4.78 is 5.13. The fourth-order valence-corrected chi connectivity index (χ4v) is 3.25. The first kappa shape index (κ1) is 18.4. The maximum Gasteiger partial charge on any atom is 0.321 e. The fourth-order valence-electron chi connectivity index (χ4n) is 3.25. The highest BCUT2D eigenvalue weighted by Crippen LogP contribution is 2.31. The van der Waals surface area contributed by atoms with Crippen molar-refractivity contribution in [3.8, 4) is 0 Å². The minimum Gasteiger partial charge on any atom is -0.465 e.